The molecular weight excluding hydrogens is 416 g/mol. The minimum absolute atomic E-state index is 0.00418. The van der Waals surface area contributed by atoms with E-state index in [0.29, 0.717) is 11.4 Å². The lowest BCUT2D eigenvalue weighted by Crippen LogP contribution is -2.49. The fraction of sp³-hybridized carbons (Fsp3) is 0.273. The molecule has 0 aliphatic carbocycles. The molecule has 0 saturated carbocycles. The molecule has 2 aromatic rings. The summed E-state index contributed by atoms with van der Waals surface area (Å²) in [7, 11) is 0. The van der Waals surface area contributed by atoms with Gasteiger partial charge < -0.3 is 10.1 Å². The number of carbonyl (C=O) groups is 3. The normalized spacial score (nSPS) is 10.0. The van der Waals surface area contributed by atoms with Crippen LogP contribution in [0.25, 0.3) is 0 Å². The predicted molar refractivity (Wildman–Crippen MR) is 122 cm³/mol. The molecule has 0 aromatic heterocycles. The summed E-state index contributed by atoms with van der Waals surface area (Å²) < 4.78 is 5.42. The molecule has 2 aromatic carbocycles. The Morgan fingerprint density at radius 3 is 2.29 bits per heavy atom. The van der Waals surface area contributed by atoms with Gasteiger partial charge in [-0.2, -0.15) is 0 Å². The average Bonchev–Trinajstić information content (AvgIpc) is 2.72. The summed E-state index contributed by atoms with van der Waals surface area (Å²) in [5.41, 5.74) is 8.44. The number of hydrogen-bond donors (Lipinski definition) is 4. The van der Waals surface area contributed by atoms with Crippen LogP contribution in [0.4, 0.5) is 5.69 Å². The predicted octanol–water partition coefficient (Wildman–Crippen LogP) is 2.43. The molecule has 0 bridgehead atoms. The summed E-state index contributed by atoms with van der Waals surface area (Å²) in [5, 5.41) is 5.10. The molecule has 0 atom stereocenters. The van der Waals surface area contributed by atoms with Gasteiger partial charge >= 0.3 is 0 Å². The number of thiocarbonyl (C=S) groups is 1. The Morgan fingerprint density at radius 1 is 0.871 bits per heavy atom. The van der Waals surface area contributed by atoms with Crippen LogP contribution >= 0.6 is 12.2 Å². The van der Waals surface area contributed by atoms with Gasteiger partial charge in [0.05, 0.1) is 0 Å². The SMILES string of the molecule is Cc1ccc(NC(=O)CCC(=O)NNC(=S)NC(=O)COc2ccccc2C)c(C)c1. The molecule has 0 fully saturated rings. The van der Waals surface area contributed by atoms with E-state index in [4.69, 9.17) is 17.0 Å². The minimum atomic E-state index is -0.470. The Morgan fingerprint density at radius 2 is 1.58 bits per heavy atom. The highest BCUT2D eigenvalue weighted by atomic mass is 32.1. The minimum Gasteiger partial charge on any atom is -0.483 e. The van der Waals surface area contributed by atoms with Gasteiger partial charge in [0.2, 0.25) is 11.8 Å². The molecule has 3 amide bonds. The molecule has 31 heavy (non-hydrogen) atoms. The van der Waals surface area contributed by atoms with Crippen molar-refractivity contribution in [1.29, 1.82) is 0 Å². The summed E-state index contributed by atoms with van der Waals surface area (Å²) in [6, 6.07) is 13.0. The molecule has 0 radical (unpaired) electrons. The number of rotatable bonds is 7. The zero-order chi connectivity index (χ0) is 22.8. The molecule has 0 heterocycles. The maximum atomic E-state index is 12.0. The number of carbonyl (C=O) groups excluding carboxylic acids is 3. The second kappa shape index (κ2) is 11.7. The number of hydrazine groups is 1. The molecule has 0 spiro atoms. The Bertz CT molecular complexity index is 978. The third-order valence-electron chi connectivity index (χ3n) is 4.26. The number of para-hydroxylation sites is 1. The molecule has 2 rings (SSSR count). The summed E-state index contributed by atoms with van der Waals surface area (Å²) in [4.78, 5) is 35.8. The van der Waals surface area contributed by atoms with Gasteiger partial charge in [-0.1, -0.05) is 35.9 Å². The van der Waals surface area contributed by atoms with Crippen LogP contribution in [0.5, 0.6) is 5.75 Å². The molecule has 9 heteroatoms. The van der Waals surface area contributed by atoms with E-state index >= 15 is 0 Å². The smallest absolute Gasteiger partial charge is 0.264 e. The number of nitrogens with one attached hydrogen (secondary N) is 4. The second-order valence-corrected chi connectivity index (χ2v) is 7.38. The van der Waals surface area contributed by atoms with E-state index in [1.165, 1.54) is 0 Å². The highest BCUT2D eigenvalue weighted by Crippen LogP contribution is 2.16. The zero-order valence-electron chi connectivity index (χ0n) is 17.7. The van der Waals surface area contributed by atoms with E-state index in [0.717, 1.165) is 16.7 Å². The molecule has 0 unspecified atom stereocenters. The van der Waals surface area contributed by atoms with Crippen molar-refractivity contribution in [3.05, 3.63) is 59.2 Å². The van der Waals surface area contributed by atoms with E-state index in [1.807, 2.05) is 57.2 Å². The van der Waals surface area contributed by atoms with Crippen molar-refractivity contribution < 1.29 is 19.1 Å². The lowest BCUT2D eigenvalue weighted by Gasteiger charge is -2.12. The van der Waals surface area contributed by atoms with Crippen molar-refractivity contribution in [3.8, 4) is 5.75 Å². The summed E-state index contributed by atoms with van der Waals surface area (Å²) in [5.74, 6) is -0.582. The number of aryl methyl sites for hydroxylation is 3. The molecule has 0 aliphatic heterocycles. The fourth-order valence-corrected chi connectivity index (χ4v) is 2.80. The second-order valence-electron chi connectivity index (χ2n) is 6.97. The van der Waals surface area contributed by atoms with Gasteiger partial charge in [0.15, 0.2) is 11.7 Å². The van der Waals surface area contributed by atoms with E-state index in [1.54, 1.807) is 6.07 Å². The van der Waals surface area contributed by atoms with Crippen molar-refractivity contribution in [2.24, 2.45) is 0 Å². The summed E-state index contributed by atoms with van der Waals surface area (Å²) in [6.07, 6.45) is -0.0408. The molecule has 0 saturated heterocycles. The lowest BCUT2D eigenvalue weighted by molar-refractivity contribution is -0.125. The summed E-state index contributed by atoms with van der Waals surface area (Å²) in [6.45, 7) is 5.52. The van der Waals surface area contributed by atoms with Gasteiger partial charge in [0.25, 0.3) is 5.91 Å². The maximum absolute atomic E-state index is 12.0. The number of ether oxygens (including phenoxy) is 1. The van der Waals surface area contributed by atoms with Crippen LogP contribution in [-0.4, -0.2) is 29.4 Å². The first kappa shape index (κ1) is 23.8. The first-order chi connectivity index (χ1) is 14.7. The van der Waals surface area contributed by atoms with Crippen LogP contribution in [0.3, 0.4) is 0 Å². The number of amides is 3. The van der Waals surface area contributed by atoms with Gasteiger partial charge in [0.1, 0.15) is 5.75 Å². The Labute approximate surface area is 186 Å². The highest BCUT2D eigenvalue weighted by molar-refractivity contribution is 7.80. The lowest BCUT2D eigenvalue weighted by atomic mass is 10.1. The van der Waals surface area contributed by atoms with E-state index in [2.05, 4.69) is 21.5 Å². The fourth-order valence-electron chi connectivity index (χ4n) is 2.64. The standard InChI is InChI=1S/C22H26N4O4S/c1-14-8-9-17(16(3)12-14)23-19(27)10-11-20(28)25-26-22(31)24-21(29)13-30-18-7-5-4-6-15(18)2/h4-9,12H,10-11,13H2,1-3H3,(H,23,27)(H,25,28)(H2,24,26,29,31). The molecule has 8 nitrogen and oxygen atoms in total. The molecule has 164 valence electrons. The van der Waals surface area contributed by atoms with Crippen LogP contribution < -0.4 is 26.2 Å². The van der Waals surface area contributed by atoms with Crippen molar-refractivity contribution in [3.63, 3.8) is 0 Å². The summed E-state index contributed by atoms with van der Waals surface area (Å²) >= 11 is 4.96. The highest BCUT2D eigenvalue weighted by Gasteiger charge is 2.10. The van der Waals surface area contributed by atoms with Crippen LogP contribution in [0, 0.1) is 20.8 Å². The Hall–Kier alpha value is -3.46. The molecule has 0 aliphatic rings. The number of hydrogen-bond acceptors (Lipinski definition) is 5. The number of anilines is 1. The number of benzene rings is 2. The van der Waals surface area contributed by atoms with Gasteiger partial charge in [-0.3, -0.25) is 30.6 Å². The van der Waals surface area contributed by atoms with E-state index < -0.39 is 11.8 Å². The quantitative estimate of drug-likeness (QED) is 0.387. The third-order valence-corrected chi connectivity index (χ3v) is 4.46. The van der Waals surface area contributed by atoms with Crippen LogP contribution in [-0.2, 0) is 14.4 Å². The van der Waals surface area contributed by atoms with Crippen molar-refractivity contribution in [2.45, 2.75) is 33.6 Å². The third kappa shape index (κ3) is 8.43. The van der Waals surface area contributed by atoms with Crippen LogP contribution in [0.1, 0.15) is 29.5 Å². The Kier molecular flexibility index (Phi) is 8.95. The van der Waals surface area contributed by atoms with Gasteiger partial charge in [-0.25, -0.2) is 0 Å². The first-order valence-corrected chi connectivity index (χ1v) is 10.1. The Balaban J connectivity index is 1.64. The topological polar surface area (TPSA) is 109 Å². The average molecular weight is 443 g/mol. The maximum Gasteiger partial charge on any atom is 0.264 e. The molecular formula is C22H26N4O4S. The van der Waals surface area contributed by atoms with Gasteiger partial charge in [0, 0.05) is 18.5 Å². The van der Waals surface area contributed by atoms with Crippen molar-refractivity contribution >= 4 is 40.7 Å². The largest absolute Gasteiger partial charge is 0.483 e. The first-order valence-electron chi connectivity index (χ1n) is 9.69. The van der Waals surface area contributed by atoms with E-state index in [-0.39, 0.29) is 30.5 Å². The van der Waals surface area contributed by atoms with Crippen molar-refractivity contribution in [2.75, 3.05) is 11.9 Å². The molecule has 4 N–H and O–H groups in total. The monoisotopic (exact) mass is 442 g/mol. The zero-order valence-corrected chi connectivity index (χ0v) is 18.5. The van der Waals surface area contributed by atoms with Gasteiger partial charge in [-0.15, -0.1) is 0 Å². The van der Waals surface area contributed by atoms with Gasteiger partial charge in [-0.05, 0) is 56.2 Å². The van der Waals surface area contributed by atoms with Crippen LogP contribution in [0.2, 0.25) is 0 Å². The van der Waals surface area contributed by atoms with E-state index in [9.17, 15) is 14.4 Å². The van der Waals surface area contributed by atoms with Crippen LogP contribution in [0.15, 0.2) is 42.5 Å². The van der Waals surface area contributed by atoms with Crippen molar-refractivity contribution in [1.82, 2.24) is 16.2 Å².